The van der Waals surface area contributed by atoms with Gasteiger partial charge in [-0.15, -0.1) is 10.2 Å². The Morgan fingerprint density at radius 1 is 1.03 bits per heavy atom. The first-order valence-corrected chi connectivity index (χ1v) is 11.4. The maximum Gasteiger partial charge on any atom is 0.234 e. The minimum absolute atomic E-state index is 0.0268. The molecule has 0 unspecified atom stereocenters. The van der Waals surface area contributed by atoms with E-state index < -0.39 is 0 Å². The molecule has 1 fully saturated rings. The summed E-state index contributed by atoms with van der Waals surface area (Å²) >= 11 is 1.43. The lowest BCUT2D eigenvalue weighted by Crippen LogP contribution is -2.37. The molecule has 6 nitrogen and oxygen atoms in total. The predicted molar refractivity (Wildman–Crippen MR) is 120 cm³/mol. The monoisotopic (exact) mass is 420 g/mol. The highest BCUT2D eigenvalue weighted by molar-refractivity contribution is 8.00. The molecule has 0 saturated carbocycles. The summed E-state index contributed by atoms with van der Waals surface area (Å²) in [6.07, 6.45) is 3.45. The molecule has 3 aromatic rings. The van der Waals surface area contributed by atoms with Gasteiger partial charge in [0.1, 0.15) is 5.03 Å². The van der Waals surface area contributed by atoms with E-state index in [1.54, 1.807) is 0 Å². The van der Waals surface area contributed by atoms with Crippen LogP contribution in [0.2, 0.25) is 0 Å². The first-order valence-electron chi connectivity index (χ1n) is 10.4. The van der Waals surface area contributed by atoms with Gasteiger partial charge in [0.2, 0.25) is 5.91 Å². The van der Waals surface area contributed by atoms with E-state index in [4.69, 9.17) is 4.74 Å². The van der Waals surface area contributed by atoms with Crippen molar-refractivity contribution in [2.75, 3.05) is 42.3 Å². The van der Waals surface area contributed by atoms with Crippen LogP contribution in [0, 0.1) is 0 Å². The fourth-order valence-corrected chi connectivity index (χ4v) is 4.93. The lowest BCUT2D eigenvalue weighted by molar-refractivity contribution is -0.113. The molecule has 0 spiro atoms. The smallest absolute Gasteiger partial charge is 0.234 e. The Hall–Kier alpha value is -2.64. The van der Waals surface area contributed by atoms with Gasteiger partial charge < -0.3 is 15.0 Å². The third-order valence-corrected chi connectivity index (χ3v) is 6.65. The average Bonchev–Trinajstić information content (AvgIpc) is 3.26. The van der Waals surface area contributed by atoms with Gasteiger partial charge in [-0.05, 0) is 42.5 Å². The molecule has 0 atom stereocenters. The van der Waals surface area contributed by atoms with Crippen molar-refractivity contribution in [1.29, 1.82) is 0 Å². The molecule has 2 aromatic carbocycles. The molecular formula is C23H24N4O2S. The summed E-state index contributed by atoms with van der Waals surface area (Å²) in [5.74, 6) is 1.16. The van der Waals surface area contributed by atoms with Gasteiger partial charge in [-0.25, -0.2) is 0 Å². The van der Waals surface area contributed by atoms with Crippen molar-refractivity contribution >= 4 is 39.9 Å². The molecule has 30 heavy (non-hydrogen) atoms. The van der Waals surface area contributed by atoms with Crippen molar-refractivity contribution in [3.63, 3.8) is 0 Å². The summed E-state index contributed by atoms with van der Waals surface area (Å²) in [4.78, 5) is 14.8. The molecule has 5 rings (SSSR count). The minimum Gasteiger partial charge on any atom is -0.378 e. The van der Waals surface area contributed by atoms with Crippen molar-refractivity contribution in [3.8, 4) is 0 Å². The number of aromatic nitrogens is 2. The number of nitrogens with zero attached hydrogens (tertiary/aromatic N) is 3. The standard InChI is InChI=1S/C23H24N4O2S/c28-21(24-18-9-8-16-4-3-5-17(16)14-18)15-30-23-20-7-2-1-6-19(20)22(25-26-23)27-10-12-29-13-11-27/h1-2,6-9,14H,3-5,10-13,15H2,(H,24,28). The lowest BCUT2D eigenvalue weighted by atomic mass is 10.1. The van der Waals surface area contributed by atoms with Crippen LogP contribution in [0.25, 0.3) is 10.8 Å². The fourth-order valence-electron chi connectivity index (χ4n) is 4.16. The van der Waals surface area contributed by atoms with Crippen LogP contribution in [-0.4, -0.2) is 48.2 Å². The van der Waals surface area contributed by atoms with Crippen LogP contribution >= 0.6 is 11.8 Å². The van der Waals surface area contributed by atoms with Crippen molar-refractivity contribution in [3.05, 3.63) is 53.6 Å². The molecule has 1 saturated heterocycles. The zero-order valence-electron chi connectivity index (χ0n) is 16.8. The Morgan fingerprint density at radius 3 is 2.70 bits per heavy atom. The highest BCUT2D eigenvalue weighted by atomic mass is 32.2. The molecular weight excluding hydrogens is 396 g/mol. The van der Waals surface area contributed by atoms with Gasteiger partial charge in [-0.2, -0.15) is 0 Å². The molecule has 154 valence electrons. The average molecular weight is 421 g/mol. The van der Waals surface area contributed by atoms with Crippen LogP contribution in [0.5, 0.6) is 0 Å². The minimum atomic E-state index is -0.0268. The number of amides is 1. The molecule has 1 aliphatic carbocycles. The van der Waals surface area contributed by atoms with E-state index in [0.29, 0.717) is 19.0 Å². The summed E-state index contributed by atoms with van der Waals surface area (Å²) in [7, 11) is 0. The molecule has 0 bridgehead atoms. The summed E-state index contributed by atoms with van der Waals surface area (Å²) in [5.41, 5.74) is 3.64. The highest BCUT2D eigenvalue weighted by Crippen LogP contribution is 2.31. The Bertz CT molecular complexity index is 1080. The molecule has 7 heteroatoms. The van der Waals surface area contributed by atoms with Crippen molar-refractivity contribution < 1.29 is 9.53 Å². The van der Waals surface area contributed by atoms with E-state index in [-0.39, 0.29) is 5.91 Å². The van der Waals surface area contributed by atoms with E-state index in [2.05, 4.69) is 44.7 Å². The molecule has 2 heterocycles. The van der Waals surface area contributed by atoms with Crippen LogP contribution in [0.1, 0.15) is 17.5 Å². The summed E-state index contributed by atoms with van der Waals surface area (Å²) in [6.45, 7) is 3.04. The van der Waals surface area contributed by atoms with Gasteiger partial charge >= 0.3 is 0 Å². The number of rotatable bonds is 5. The van der Waals surface area contributed by atoms with Crippen LogP contribution in [0.15, 0.2) is 47.5 Å². The largest absolute Gasteiger partial charge is 0.378 e. The molecule has 1 amide bonds. The van der Waals surface area contributed by atoms with Gasteiger partial charge in [0, 0.05) is 29.5 Å². The number of ether oxygens (including phenoxy) is 1. The van der Waals surface area contributed by atoms with Crippen molar-refractivity contribution in [2.45, 2.75) is 24.3 Å². The second-order valence-corrected chi connectivity index (χ2v) is 8.61. The second kappa shape index (κ2) is 8.62. The third-order valence-electron chi connectivity index (χ3n) is 5.67. The SMILES string of the molecule is O=C(CSc1nnc(N2CCOCC2)c2ccccc12)Nc1ccc2c(c1)CCC2. The number of nitrogens with one attached hydrogen (secondary N) is 1. The Kier molecular flexibility index (Phi) is 5.55. The van der Waals surface area contributed by atoms with Crippen LogP contribution < -0.4 is 10.2 Å². The predicted octanol–water partition coefficient (Wildman–Crippen LogP) is 3.69. The summed E-state index contributed by atoms with van der Waals surface area (Å²) in [6, 6.07) is 14.4. The van der Waals surface area contributed by atoms with E-state index in [9.17, 15) is 4.79 Å². The number of carbonyl (C=O) groups is 1. The normalized spacial score (nSPS) is 15.9. The van der Waals surface area contributed by atoms with Gasteiger partial charge in [0.25, 0.3) is 0 Å². The quantitative estimate of drug-likeness (QED) is 0.635. The fraction of sp³-hybridized carbons (Fsp3) is 0.348. The number of thioether (sulfide) groups is 1. The van der Waals surface area contributed by atoms with E-state index in [1.807, 2.05) is 18.2 Å². The number of benzene rings is 2. The maximum atomic E-state index is 12.5. The zero-order chi connectivity index (χ0) is 20.3. The van der Waals surface area contributed by atoms with Crippen LogP contribution in [0.3, 0.4) is 0 Å². The summed E-state index contributed by atoms with van der Waals surface area (Å²) in [5, 5.41) is 14.9. The van der Waals surface area contributed by atoms with Crippen LogP contribution in [-0.2, 0) is 22.4 Å². The Labute approximate surface area is 180 Å². The number of anilines is 2. The molecule has 1 N–H and O–H groups in total. The first-order chi connectivity index (χ1) is 14.8. The summed E-state index contributed by atoms with van der Waals surface area (Å²) < 4.78 is 5.46. The Balaban J connectivity index is 1.30. The number of hydrogen-bond acceptors (Lipinski definition) is 6. The molecule has 1 aliphatic heterocycles. The number of fused-ring (bicyclic) bond motifs is 2. The third kappa shape index (κ3) is 4.00. The van der Waals surface area contributed by atoms with E-state index in [1.165, 1.54) is 29.3 Å². The van der Waals surface area contributed by atoms with E-state index in [0.717, 1.165) is 53.2 Å². The first kappa shape index (κ1) is 19.3. The van der Waals surface area contributed by atoms with Gasteiger partial charge in [0.05, 0.1) is 19.0 Å². The maximum absolute atomic E-state index is 12.5. The topological polar surface area (TPSA) is 67.4 Å². The highest BCUT2D eigenvalue weighted by Gasteiger charge is 2.18. The molecule has 0 radical (unpaired) electrons. The number of carbonyl (C=O) groups excluding carboxylic acids is 1. The van der Waals surface area contributed by atoms with E-state index >= 15 is 0 Å². The van der Waals surface area contributed by atoms with Crippen molar-refractivity contribution in [1.82, 2.24) is 10.2 Å². The van der Waals surface area contributed by atoms with Gasteiger partial charge in [-0.3, -0.25) is 4.79 Å². The second-order valence-electron chi connectivity index (χ2n) is 7.65. The Morgan fingerprint density at radius 2 is 1.83 bits per heavy atom. The zero-order valence-corrected chi connectivity index (χ0v) is 17.6. The van der Waals surface area contributed by atoms with Gasteiger partial charge in [0.15, 0.2) is 5.82 Å². The number of aryl methyl sites for hydroxylation is 2. The lowest BCUT2D eigenvalue weighted by Gasteiger charge is -2.28. The van der Waals surface area contributed by atoms with Crippen molar-refractivity contribution in [2.24, 2.45) is 0 Å². The van der Waals surface area contributed by atoms with Crippen LogP contribution in [0.4, 0.5) is 11.5 Å². The van der Waals surface area contributed by atoms with Gasteiger partial charge in [-0.1, -0.05) is 42.1 Å². The molecule has 2 aliphatic rings. The number of morpholine rings is 1. The molecule has 1 aromatic heterocycles. The number of hydrogen-bond donors (Lipinski definition) is 1.